The third-order valence-electron chi connectivity index (χ3n) is 5.97. The Morgan fingerprint density at radius 1 is 0.829 bits per heavy atom. The zero-order valence-corrected chi connectivity index (χ0v) is 19.6. The molecule has 35 heavy (non-hydrogen) atoms. The number of amides is 3. The van der Waals surface area contributed by atoms with Gasteiger partial charge in [0.25, 0.3) is 17.7 Å². The van der Waals surface area contributed by atoms with Crippen LogP contribution in [0.25, 0.3) is 0 Å². The van der Waals surface area contributed by atoms with E-state index < -0.39 is 35.8 Å². The van der Waals surface area contributed by atoms with Gasteiger partial charge in [-0.25, -0.2) is 4.79 Å². The molecule has 3 amide bonds. The monoisotopic (exact) mass is 470 g/mol. The molecule has 3 aromatic rings. The molecular weight excluding hydrogens is 444 g/mol. The molecule has 0 spiro atoms. The highest BCUT2D eigenvalue weighted by Gasteiger charge is 2.44. The van der Waals surface area contributed by atoms with E-state index in [0.29, 0.717) is 5.69 Å². The summed E-state index contributed by atoms with van der Waals surface area (Å²) in [5.41, 5.74) is 2.94. The van der Waals surface area contributed by atoms with E-state index in [9.17, 15) is 19.2 Å². The SMILES string of the molecule is CCc1ccc(NC(=O)[C@H](C)OC(=O)[C@@H](Cc2ccccc2)N2C(=O)c3ccccc3C2=O)cc1. The summed E-state index contributed by atoms with van der Waals surface area (Å²) in [5, 5.41) is 2.72. The summed E-state index contributed by atoms with van der Waals surface area (Å²) < 4.78 is 5.47. The molecule has 1 aliphatic heterocycles. The molecule has 0 unspecified atom stereocenters. The largest absolute Gasteiger partial charge is 0.451 e. The van der Waals surface area contributed by atoms with Crippen LogP contribution in [0.15, 0.2) is 78.9 Å². The minimum atomic E-state index is -1.22. The van der Waals surface area contributed by atoms with Gasteiger partial charge in [0.15, 0.2) is 6.10 Å². The quantitative estimate of drug-likeness (QED) is 0.396. The fourth-order valence-electron chi connectivity index (χ4n) is 3.98. The number of carbonyl (C=O) groups excluding carboxylic acids is 4. The Labute approximate surface area is 203 Å². The number of nitrogens with zero attached hydrogens (tertiary/aromatic N) is 1. The lowest BCUT2D eigenvalue weighted by molar-refractivity contribution is -0.157. The van der Waals surface area contributed by atoms with Crippen molar-refractivity contribution in [2.45, 2.75) is 38.8 Å². The molecule has 1 heterocycles. The summed E-state index contributed by atoms with van der Waals surface area (Å²) in [6.07, 6.45) is -0.192. The molecule has 0 aromatic heterocycles. The van der Waals surface area contributed by atoms with Gasteiger partial charge in [-0.15, -0.1) is 0 Å². The van der Waals surface area contributed by atoms with Crippen molar-refractivity contribution in [3.8, 4) is 0 Å². The zero-order valence-electron chi connectivity index (χ0n) is 19.6. The second kappa shape index (κ2) is 10.3. The first kappa shape index (κ1) is 23.9. The summed E-state index contributed by atoms with van der Waals surface area (Å²) in [6.45, 7) is 3.49. The summed E-state index contributed by atoms with van der Waals surface area (Å²) in [5.74, 6) is -2.45. The van der Waals surface area contributed by atoms with Gasteiger partial charge >= 0.3 is 5.97 Å². The number of hydrogen-bond donors (Lipinski definition) is 1. The predicted molar refractivity (Wildman–Crippen MR) is 131 cm³/mol. The van der Waals surface area contributed by atoms with E-state index in [0.717, 1.165) is 22.4 Å². The zero-order chi connectivity index (χ0) is 24.9. The summed E-state index contributed by atoms with van der Waals surface area (Å²) in [6, 6.07) is 21.6. The summed E-state index contributed by atoms with van der Waals surface area (Å²) in [4.78, 5) is 53.0. The van der Waals surface area contributed by atoms with Crippen LogP contribution in [0.2, 0.25) is 0 Å². The van der Waals surface area contributed by atoms with Crippen LogP contribution >= 0.6 is 0 Å². The Morgan fingerprint density at radius 3 is 1.97 bits per heavy atom. The molecule has 1 aliphatic rings. The number of nitrogens with one attached hydrogen (secondary N) is 1. The molecule has 7 heteroatoms. The third kappa shape index (κ3) is 5.14. The van der Waals surface area contributed by atoms with Crippen LogP contribution in [0.4, 0.5) is 5.69 Å². The lowest BCUT2D eigenvalue weighted by Crippen LogP contribution is -2.48. The normalized spacial score (nSPS) is 14.3. The van der Waals surface area contributed by atoms with Gasteiger partial charge < -0.3 is 10.1 Å². The second-order valence-corrected chi connectivity index (χ2v) is 8.35. The average Bonchev–Trinajstić information content (AvgIpc) is 3.13. The van der Waals surface area contributed by atoms with Crippen molar-refractivity contribution in [1.82, 2.24) is 4.90 Å². The molecule has 0 radical (unpaired) electrons. The predicted octanol–water partition coefficient (Wildman–Crippen LogP) is 4.03. The number of carbonyl (C=O) groups is 4. The van der Waals surface area contributed by atoms with Crippen molar-refractivity contribution in [2.24, 2.45) is 0 Å². The van der Waals surface area contributed by atoms with Crippen LogP contribution in [0, 0.1) is 0 Å². The van der Waals surface area contributed by atoms with Crippen LogP contribution in [0.1, 0.15) is 45.7 Å². The first-order valence-electron chi connectivity index (χ1n) is 11.5. The van der Waals surface area contributed by atoms with Gasteiger partial charge in [0.2, 0.25) is 0 Å². The molecule has 0 saturated carbocycles. The van der Waals surface area contributed by atoms with E-state index >= 15 is 0 Å². The van der Waals surface area contributed by atoms with Crippen LogP contribution in [-0.2, 0) is 27.2 Å². The highest BCUT2D eigenvalue weighted by molar-refractivity contribution is 6.22. The molecule has 3 aromatic carbocycles. The van der Waals surface area contributed by atoms with Crippen molar-refractivity contribution in [3.63, 3.8) is 0 Å². The van der Waals surface area contributed by atoms with Crippen LogP contribution in [0.3, 0.4) is 0 Å². The molecule has 178 valence electrons. The van der Waals surface area contributed by atoms with E-state index in [-0.39, 0.29) is 17.5 Å². The first-order valence-corrected chi connectivity index (χ1v) is 11.5. The number of fused-ring (bicyclic) bond motifs is 1. The number of imide groups is 1. The van der Waals surface area contributed by atoms with E-state index in [4.69, 9.17) is 4.74 Å². The molecule has 2 atom stereocenters. The van der Waals surface area contributed by atoms with E-state index in [1.807, 2.05) is 25.1 Å². The summed E-state index contributed by atoms with van der Waals surface area (Å²) in [7, 11) is 0. The Bertz CT molecular complexity index is 1220. The fourth-order valence-corrected chi connectivity index (χ4v) is 3.98. The number of anilines is 1. The van der Waals surface area contributed by atoms with Gasteiger partial charge in [0.1, 0.15) is 6.04 Å². The molecule has 1 N–H and O–H groups in total. The molecule has 4 rings (SSSR count). The standard InChI is InChI=1S/C28H26N2O5/c1-3-19-13-15-21(16-14-19)29-25(31)18(2)35-28(34)24(17-20-9-5-4-6-10-20)30-26(32)22-11-7-8-12-23(22)27(30)33/h4-16,18,24H,3,17H2,1-2H3,(H,29,31)/t18-,24+/m0/s1. The second-order valence-electron chi connectivity index (χ2n) is 8.35. The number of aryl methyl sites for hydroxylation is 1. The lowest BCUT2D eigenvalue weighted by atomic mass is 10.0. The van der Waals surface area contributed by atoms with Gasteiger partial charge in [-0.2, -0.15) is 0 Å². The fraction of sp³-hybridized carbons (Fsp3) is 0.214. The van der Waals surface area contributed by atoms with E-state index in [2.05, 4.69) is 5.32 Å². The van der Waals surface area contributed by atoms with Gasteiger partial charge in [0, 0.05) is 12.1 Å². The van der Waals surface area contributed by atoms with Gasteiger partial charge in [-0.3, -0.25) is 19.3 Å². The number of hydrogen-bond acceptors (Lipinski definition) is 5. The molecule has 0 fully saturated rings. The number of ether oxygens (including phenoxy) is 1. The Kier molecular flexibility index (Phi) is 7.06. The highest BCUT2D eigenvalue weighted by Crippen LogP contribution is 2.27. The first-order chi connectivity index (χ1) is 16.9. The number of esters is 1. The molecule has 0 bridgehead atoms. The Balaban J connectivity index is 1.53. The van der Waals surface area contributed by atoms with Gasteiger partial charge in [-0.1, -0.05) is 61.5 Å². The molecule has 0 aliphatic carbocycles. The minimum absolute atomic E-state index is 0.0674. The van der Waals surface area contributed by atoms with Crippen molar-refractivity contribution >= 4 is 29.4 Å². The Morgan fingerprint density at radius 2 is 1.40 bits per heavy atom. The lowest BCUT2D eigenvalue weighted by Gasteiger charge is -2.26. The smallest absolute Gasteiger partial charge is 0.330 e. The van der Waals surface area contributed by atoms with Crippen molar-refractivity contribution in [2.75, 3.05) is 5.32 Å². The Hall–Kier alpha value is -4.26. The van der Waals surface area contributed by atoms with Crippen LogP contribution < -0.4 is 5.32 Å². The van der Waals surface area contributed by atoms with Crippen molar-refractivity contribution in [3.05, 3.63) is 101 Å². The molecular formula is C28H26N2O5. The number of rotatable bonds is 8. The van der Waals surface area contributed by atoms with Gasteiger partial charge in [-0.05, 0) is 48.7 Å². The maximum Gasteiger partial charge on any atom is 0.330 e. The topological polar surface area (TPSA) is 92.8 Å². The highest BCUT2D eigenvalue weighted by atomic mass is 16.5. The molecule has 0 saturated heterocycles. The van der Waals surface area contributed by atoms with Crippen molar-refractivity contribution < 1.29 is 23.9 Å². The molecule has 7 nitrogen and oxygen atoms in total. The average molecular weight is 471 g/mol. The van der Waals surface area contributed by atoms with Gasteiger partial charge in [0.05, 0.1) is 11.1 Å². The number of benzene rings is 3. The third-order valence-corrected chi connectivity index (χ3v) is 5.97. The van der Waals surface area contributed by atoms with E-state index in [1.54, 1.807) is 60.7 Å². The van der Waals surface area contributed by atoms with E-state index in [1.165, 1.54) is 6.92 Å². The maximum atomic E-state index is 13.3. The summed E-state index contributed by atoms with van der Waals surface area (Å²) >= 11 is 0. The minimum Gasteiger partial charge on any atom is -0.451 e. The maximum absolute atomic E-state index is 13.3. The van der Waals surface area contributed by atoms with Crippen molar-refractivity contribution in [1.29, 1.82) is 0 Å². The van der Waals surface area contributed by atoms with Crippen LogP contribution in [0.5, 0.6) is 0 Å². The van der Waals surface area contributed by atoms with Crippen LogP contribution in [-0.4, -0.2) is 40.7 Å².